The van der Waals surface area contributed by atoms with Crippen molar-refractivity contribution in [3.8, 4) is 5.75 Å². The highest BCUT2D eigenvalue weighted by atomic mass is 32.1. The van der Waals surface area contributed by atoms with Crippen LogP contribution < -0.4 is 9.64 Å². The molecule has 2 heterocycles. The van der Waals surface area contributed by atoms with E-state index in [1.807, 2.05) is 24.3 Å². The monoisotopic (exact) mass is 435 g/mol. The van der Waals surface area contributed by atoms with Crippen LogP contribution in [0.1, 0.15) is 35.8 Å². The predicted molar refractivity (Wildman–Crippen MR) is 121 cm³/mol. The van der Waals surface area contributed by atoms with Crippen LogP contribution in [0.3, 0.4) is 0 Å². The maximum absolute atomic E-state index is 14.2. The Morgan fingerprint density at radius 1 is 1.13 bits per heavy atom. The summed E-state index contributed by atoms with van der Waals surface area (Å²) in [5.41, 5.74) is 1.45. The zero-order valence-corrected chi connectivity index (χ0v) is 17.9. The molecule has 0 spiro atoms. The molecule has 0 atom stereocenters. The lowest BCUT2D eigenvalue weighted by Gasteiger charge is -2.20. The Hall–Kier alpha value is -3.32. The van der Waals surface area contributed by atoms with Gasteiger partial charge in [-0.2, -0.15) is 0 Å². The molecule has 2 aromatic carbocycles. The van der Waals surface area contributed by atoms with Gasteiger partial charge in [0.05, 0.1) is 23.5 Å². The van der Waals surface area contributed by atoms with Gasteiger partial charge < -0.3 is 4.74 Å². The zero-order chi connectivity index (χ0) is 21.6. The number of rotatable bonds is 8. The minimum absolute atomic E-state index is 0.224. The number of benzene rings is 2. The van der Waals surface area contributed by atoms with Gasteiger partial charge in [0, 0.05) is 11.8 Å². The van der Waals surface area contributed by atoms with Gasteiger partial charge in [0.25, 0.3) is 5.91 Å². The summed E-state index contributed by atoms with van der Waals surface area (Å²) in [5.74, 6) is -0.00459. The molecule has 0 radical (unpaired) electrons. The first-order valence-electron chi connectivity index (χ1n) is 10.2. The Morgan fingerprint density at radius 3 is 2.77 bits per heavy atom. The maximum Gasteiger partial charge on any atom is 0.260 e. The fraction of sp³-hybridized carbons (Fsp3) is 0.208. The van der Waals surface area contributed by atoms with Gasteiger partial charge in [-0.15, -0.1) is 0 Å². The minimum atomic E-state index is -0.406. The number of halogens is 1. The van der Waals surface area contributed by atoms with Crippen molar-refractivity contribution in [1.29, 1.82) is 0 Å². The van der Waals surface area contributed by atoms with Crippen molar-refractivity contribution in [2.75, 3.05) is 11.5 Å². The summed E-state index contributed by atoms with van der Waals surface area (Å²) < 4.78 is 20.7. The van der Waals surface area contributed by atoms with E-state index in [1.54, 1.807) is 36.5 Å². The number of para-hydroxylation sites is 1. The van der Waals surface area contributed by atoms with Crippen molar-refractivity contribution in [3.63, 3.8) is 0 Å². The SMILES string of the molecule is CCCCOc1cccc(C(=O)N(Cc2ccccn2)c2nc3c(F)cccc3s2)c1. The fourth-order valence-corrected chi connectivity index (χ4v) is 4.09. The summed E-state index contributed by atoms with van der Waals surface area (Å²) in [7, 11) is 0. The molecule has 0 fully saturated rings. The Labute approximate surface area is 184 Å². The van der Waals surface area contributed by atoms with Crippen LogP contribution in [-0.2, 0) is 6.54 Å². The van der Waals surface area contributed by atoms with E-state index in [1.165, 1.54) is 22.3 Å². The number of amides is 1. The van der Waals surface area contributed by atoms with E-state index in [0.717, 1.165) is 12.8 Å². The molecule has 0 bridgehead atoms. The third kappa shape index (κ3) is 4.88. The standard InChI is InChI=1S/C24H22FN3O2S/c1-2-3-14-30-19-10-6-8-17(15-19)23(29)28(16-18-9-4-5-13-26-18)24-27-22-20(25)11-7-12-21(22)31-24/h4-13,15H,2-3,14,16H2,1H3. The lowest BCUT2D eigenvalue weighted by Crippen LogP contribution is -2.30. The predicted octanol–water partition coefficient (Wildman–Crippen LogP) is 5.86. The topological polar surface area (TPSA) is 55.3 Å². The minimum Gasteiger partial charge on any atom is -0.494 e. The molecular formula is C24H22FN3O2S. The summed E-state index contributed by atoms with van der Waals surface area (Å²) in [6, 6.07) is 17.4. The molecule has 0 unspecified atom stereocenters. The van der Waals surface area contributed by atoms with E-state index in [2.05, 4.69) is 16.9 Å². The third-order valence-electron chi connectivity index (χ3n) is 4.73. The lowest BCUT2D eigenvalue weighted by atomic mass is 10.2. The van der Waals surface area contributed by atoms with Crippen LogP contribution in [0.4, 0.5) is 9.52 Å². The summed E-state index contributed by atoms with van der Waals surface area (Å²) in [6.07, 6.45) is 3.66. The number of hydrogen-bond acceptors (Lipinski definition) is 5. The number of thiazole rings is 1. The average molecular weight is 436 g/mol. The number of carbonyl (C=O) groups excluding carboxylic acids is 1. The van der Waals surface area contributed by atoms with Gasteiger partial charge in [-0.3, -0.25) is 14.7 Å². The first-order valence-corrected chi connectivity index (χ1v) is 11.0. The average Bonchev–Trinajstić information content (AvgIpc) is 3.24. The molecule has 4 aromatic rings. The molecule has 31 heavy (non-hydrogen) atoms. The molecule has 0 aliphatic rings. The Bertz CT molecular complexity index is 1180. The number of aromatic nitrogens is 2. The number of nitrogens with zero attached hydrogens (tertiary/aromatic N) is 3. The number of ether oxygens (including phenoxy) is 1. The number of hydrogen-bond donors (Lipinski definition) is 0. The van der Waals surface area contributed by atoms with Crippen LogP contribution in [0.2, 0.25) is 0 Å². The second-order valence-corrected chi connectivity index (χ2v) is 8.03. The highest BCUT2D eigenvalue weighted by Crippen LogP contribution is 2.32. The number of carbonyl (C=O) groups is 1. The molecule has 0 saturated carbocycles. The molecule has 5 nitrogen and oxygen atoms in total. The van der Waals surface area contributed by atoms with E-state index in [0.29, 0.717) is 33.4 Å². The van der Waals surface area contributed by atoms with E-state index in [4.69, 9.17) is 4.74 Å². The van der Waals surface area contributed by atoms with Crippen LogP contribution in [0.15, 0.2) is 66.9 Å². The van der Waals surface area contributed by atoms with Crippen LogP contribution in [0.5, 0.6) is 5.75 Å². The fourth-order valence-electron chi connectivity index (χ4n) is 3.11. The van der Waals surface area contributed by atoms with Crippen LogP contribution in [-0.4, -0.2) is 22.5 Å². The second kappa shape index (κ2) is 9.66. The molecule has 4 rings (SSSR count). The largest absolute Gasteiger partial charge is 0.494 e. The second-order valence-electron chi connectivity index (χ2n) is 7.03. The van der Waals surface area contributed by atoms with Gasteiger partial charge in [-0.1, -0.05) is 42.9 Å². The molecule has 0 aliphatic carbocycles. The van der Waals surface area contributed by atoms with E-state index < -0.39 is 5.82 Å². The van der Waals surface area contributed by atoms with Crippen molar-refractivity contribution in [3.05, 3.63) is 83.9 Å². The van der Waals surface area contributed by atoms with Crippen molar-refractivity contribution in [1.82, 2.24) is 9.97 Å². The summed E-state index contributed by atoms with van der Waals surface area (Å²) in [4.78, 5) is 23.8. The molecule has 0 aliphatic heterocycles. The summed E-state index contributed by atoms with van der Waals surface area (Å²) >= 11 is 1.28. The normalized spacial score (nSPS) is 10.9. The summed E-state index contributed by atoms with van der Waals surface area (Å²) in [6.45, 7) is 2.92. The number of pyridine rings is 1. The zero-order valence-electron chi connectivity index (χ0n) is 17.1. The van der Waals surface area contributed by atoms with Crippen LogP contribution >= 0.6 is 11.3 Å². The highest BCUT2D eigenvalue weighted by molar-refractivity contribution is 7.22. The highest BCUT2D eigenvalue weighted by Gasteiger charge is 2.23. The van der Waals surface area contributed by atoms with E-state index >= 15 is 0 Å². The Kier molecular flexibility index (Phi) is 6.52. The van der Waals surface area contributed by atoms with Gasteiger partial charge in [-0.25, -0.2) is 9.37 Å². The van der Waals surface area contributed by atoms with E-state index in [9.17, 15) is 9.18 Å². The molecule has 7 heteroatoms. The van der Waals surface area contributed by atoms with Gasteiger partial charge >= 0.3 is 0 Å². The molecule has 0 N–H and O–H groups in total. The van der Waals surface area contributed by atoms with Crippen molar-refractivity contribution < 1.29 is 13.9 Å². The third-order valence-corrected chi connectivity index (χ3v) is 5.77. The molecule has 158 valence electrons. The van der Waals surface area contributed by atoms with E-state index in [-0.39, 0.29) is 18.0 Å². The Morgan fingerprint density at radius 2 is 2.00 bits per heavy atom. The number of unbranched alkanes of at least 4 members (excludes halogenated alkanes) is 1. The molecule has 2 aromatic heterocycles. The number of fused-ring (bicyclic) bond motifs is 1. The van der Waals surface area contributed by atoms with Gasteiger partial charge in [0.2, 0.25) is 0 Å². The summed E-state index contributed by atoms with van der Waals surface area (Å²) in [5, 5.41) is 0.424. The molecular weight excluding hydrogens is 413 g/mol. The number of anilines is 1. The first-order chi connectivity index (χ1) is 15.2. The van der Waals surface area contributed by atoms with Crippen molar-refractivity contribution >= 4 is 32.6 Å². The maximum atomic E-state index is 14.2. The quantitative estimate of drug-likeness (QED) is 0.326. The van der Waals surface area contributed by atoms with Crippen molar-refractivity contribution in [2.45, 2.75) is 26.3 Å². The first kappa shape index (κ1) is 20.9. The molecule has 0 saturated heterocycles. The molecule has 1 amide bonds. The van der Waals surface area contributed by atoms with Gasteiger partial charge in [-0.05, 0) is 48.9 Å². The smallest absolute Gasteiger partial charge is 0.260 e. The van der Waals surface area contributed by atoms with Gasteiger partial charge in [0.15, 0.2) is 5.13 Å². The van der Waals surface area contributed by atoms with Crippen LogP contribution in [0, 0.1) is 5.82 Å². The van der Waals surface area contributed by atoms with Crippen molar-refractivity contribution in [2.24, 2.45) is 0 Å². The Balaban J connectivity index is 1.69. The van der Waals surface area contributed by atoms with Crippen LogP contribution in [0.25, 0.3) is 10.2 Å². The lowest BCUT2D eigenvalue weighted by molar-refractivity contribution is 0.0984. The van der Waals surface area contributed by atoms with Gasteiger partial charge in [0.1, 0.15) is 17.1 Å².